The summed E-state index contributed by atoms with van der Waals surface area (Å²) in [5.74, 6) is 0. The van der Waals surface area contributed by atoms with Crippen LogP contribution in [0.25, 0.3) is 0 Å². The van der Waals surface area contributed by atoms with E-state index in [1.165, 1.54) is 9.81 Å². The number of hydrogen-bond donors (Lipinski definition) is 0. The Morgan fingerprint density at radius 3 is 2.43 bits per heavy atom. The van der Waals surface area contributed by atoms with Crippen LogP contribution in [-0.4, -0.2) is 0 Å². The first kappa shape index (κ1) is 4.89. The molecule has 1 aliphatic heterocycles. The molecule has 0 aromatic carbocycles. The fraction of sp³-hybridized carbons (Fsp3) is 0.333. The molecule has 0 amide bonds. The minimum atomic E-state index is 1.28. The first-order valence-corrected chi connectivity index (χ1v) is 3.05. The molecule has 0 bridgehead atoms. The van der Waals surface area contributed by atoms with Crippen molar-refractivity contribution in [3.8, 4) is 0 Å². The van der Waals surface area contributed by atoms with Gasteiger partial charge in [0, 0.05) is 18.7 Å². The molecule has 0 radical (unpaired) electrons. The summed E-state index contributed by atoms with van der Waals surface area (Å²) in [6, 6.07) is 0. The lowest BCUT2D eigenvalue weighted by atomic mass is 10.5. The molecule has 0 fully saturated rings. The van der Waals surface area contributed by atoms with E-state index in [4.69, 9.17) is 0 Å². The molecule has 1 heteroatoms. The van der Waals surface area contributed by atoms with Gasteiger partial charge >= 0.3 is 0 Å². The highest BCUT2D eigenvalue weighted by Gasteiger charge is 2.11. The smallest absolute Gasteiger partial charge is 0.00289 e. The van der Waals surface area contributed by atoms with E-state index >= 15 is 0 Å². The zero-order chi connectivity index (χ0) is 5.28. The number of rotatable bonds is 0. The summed E-state index contributed by atoms with van der Waals surface area (Å²) in [5.41, 5.74) is 0. The molecule has 1 rings (SSSR count). The maximum absolute atomic E-state index is 3.09. The largest absolute Gasteiger partial charge is 0.171 e. The molecule has 1 heterocycles. The van der Waals surface area contributed by atoms with Gasteiger partial charge in [0.2, 0.25) is 0 Å². The third kappa shape index (κ3) is 1.05. The normalized spacial score (nSPS) is 18.0. The second-order valence-electron chi connectivity index (χ2n) is 1.56. The Balaban J connectivity index is 2.61. The molecule has 0 unspecified atom stereocenters. The molecular formula is C6H7S+. The van der Waals surface area contributed by atoms with Crippen LogP contribution in [0.4, 0.5) is 0 Å². The van der Waals surface area contributed by atoms with Crippen LogP contribution >= 0.6 is 11.8 Å². The number of hydrogen-bond acceptors (Lipinski definition) is 1. The van der Waals surface area contributed by atoms with Crippen molar-refractivity contribution < 1.29 is 0 Å². The predicted molar refractivity (Wildman–Crippen MR) is 33.8 cm³/mol. The summed E-state index contributed by atoms with van der Waals surface area (Å²) in [7, 11) is 0. The van der Waals surface area contributed by atoms with Gasteiger partial charge in [0.1, 0.15) is 11.0 Å². The second-order valence-corrected chi connectivity index (χ2v) is 3.02. The van der Waals surface area contributed by atoms with Gasteiger partial charge in [-0.15, -0.1) is 0 Å². The molecule has 1 aliphatic rings. The van der Waals surface area contributed by atoms with Crippen molar-refractivity contribution in [2.24, 2.45) is 0 Å². The van der Waals surface area contributed by atoms with Crippen molar-refractivity contribution in [3.05, 3.63) is 22.0 Å². The Morgan fingerprint density at radius 1 is 1.57 bits per heavy atom. The van der Waals surface area contributed by atoms with E-state index in [1.807, 2.05) is 6.08 Å². The monoisotopic (exact) mass is 111 g/mol. The number of thioether (sulfide) groups is 1. The van der Waals surface area contributed by atoms with Crippen molar-refractivity contribution in [2.75, 3.05) is 0 Å². The molecule has 0 N–H and O–H groups in total. The lowest BCUT2D eigenvalue weighted by Crippen LogP contribution is -1.54. The van der Waals surface area contributed by atoms with E-state index in [1.54, 1.807) is 11.8 Å². The Bertz CT molecular complexity index is 115. The van der Waals surface area contributed by atoms with Gasteiger partial charge in [-0.2, -0.15) is 0 Å². The first-order chi connectivity index (χ1) is 3.29. The van der Waals surface area contributed by atoms with E-state index in [0.717, 1.165) is 0 Å². The molecule has 0 spiro atoms. The van der Waals surface area contributed by atoms with Crippen molar-refractivity contribution >= 4 is 11.8 Å². The van der Waals surface area contributed by atoms with Gasteiger partial charge in [0.25, 0.3) is 0 Å². The lowest BCUT2D eigenvalue weighted by molar-refractivity contribution is 1.65. The second kappa shape index (κ2) is 1.69. The van der Waals surface area contributed by atoms with Crippen molar-refractivity contribution in [1.82, 2.24) is 0 Å². The van der Waals surface area contributed by atoms with Crippen molar-refractivity contribution in [2.45, 2.75) is 13.8 Å². The van der Waals surface area contributed by atoms with Crippen LogP contribution in [0.2, 0.25) is 0 Å². The highest BCUT2D eigenvalue weighted by Crippen LogP contribution is 2.28. The Kier molecular flexibility index (Phi) is 1.18. The topological polar surface area (TPSA) is 0 Å². The summed E-state index contributed by atoms with van der Waals surface area (Å²) in [5, 5.41) is 0. The van der Waals surface area contributed by atoms with Crippen molar-refractivity contribution in [1.29, 1.82) is 0 Å². The van der Waals surface area contributed by atoms with Gasteiger partial charge in [-0.25, -0.2) is 0 Å². The summed E-state index contributed by atoms with van der Waals surface area (Å²) < 4.78 is 0. The van der Waals surface area contributed by atoms with Crippen LogP contribution < -0.4 is 0 Å². The van der Waals surface area contributed by atoms with Crippen LogP contribution in [0.15, 0.2) is 15.9 Å². The van der Waals surface area contributed by atoms with Gasteiger partial charge in [-0.1, -0.05) is 0 Å². The fourth-order valence-electron chi connectivity index (χ4n) is 0.504. The third-order valence-corrected chi connectivity index (χ3v) is 1.66. The molecule has 7 heavy (non-hydrogen) atoms. The molecule has 0 saturated carbocycles. The molecule has 0 aromatic heterocycles. The molecule has 0 saturated heterocycles. The fourth-order valence-corrected chi connectivity index (χ4v) is 1.22. The van der Waals surface area contributed by atoms with Gasteiger partial charge in [-0.3, -0.25) is 0 Å². The average Bonchev–Trinajstić information content (AvgIpc) is 1.87. The lowest BCUT2D eigenvalue weighted by Gasteiger charge is -1.73. The minimum absolute atomic E-state index is 1.28. The summed E-state index contributed by atoms with van der Waals surface area (Å²) in [6.45, 7) is 4.16. The van der Waals surface area contributed by atoms with Crippen LogP contribution in [-0.2, 0) is 0 Å². The minimum Gasteiger partial charge on any atom is -0.00289 e. The predicted octanol–water partition coefficient (Wildman–Crippen LogP) is 2.34. The Morgan fingerprint density at radius 2 is 2.29 bits per heavy atom. The molecule has 36 valence electrons. The highest BCUT2D eigenvalue weighted by molar-refractivity contribution is 8.06. The number of allylic oxidation sites excluding steroid dienone is 4. The van der Waals surface area contributed by atoms with Gasteiger partial charge in [0.05, 0.1) is 0 Å². The summed E-state index contributed by atoms with van der Waals surface area (Å²) in [4.78, 5) is 2.62. The summed E-state index contributed by atoms with van der Waals surface area (Å²) in [6.07, 6.45) is 5.10. The van der Waals surface area contributed by atoms with E-state index < -0.39 is 0 Å². The Hall–Kier alpha value is -0.260. The highest BCUT2D eigenvalue weighted by atomic mass is 32.2. The summed E-state index contributed by atoms with van der Waals surface area (Å²) >= 11 is 1.79. The van der Waals surface area contributed by atoms with E-state index in [9.17, 15) is 0 Å². The van der Waals surface area contributed by atoms with Gasteiger partial charge in [-0.05, 0) is 6.92 Å². The first-order valence-electron chi connectivity index (χ1n) is 2.24. The van der Waals surface area contributed by atoms with E-state index in [-0.39, 0.29) is 0 Å². The zero-order valence-corrected chi connectivity index (χ0v) is 5.30. The van der Waals surface area contributed by atoms with Crippen molar-refractivity contribution in [3.63, 3.8) is 0 Å². The molecule has 0 nitrogen and oxygen atoms in total. The third-order valence-electron chi connectivity index (χ3n) is 0.793. The van der Waals surface area contributed by atoms with Crippen LogP contribution in [0.3, 0.4) is 0 Å². The maximum atomic E-state index is 3.09. The van der Waals surface area contributed by atoms with E-state index in [0.29, 0.717) is 0 Å². The van der Waals surface area contributed by atoms with E-state index in [2.05, 4.69) is 19.9 Å². The van der Waals surface area contributed by atoms with Crippen LogP contribution in [0.1, 0.15) is 13.8 Å². The molecule has 0 aliphatic carbocycles. The molecular weight excluding hydrogens is 104 g/mol. The average molecular weight is 111 g/mol. The van der Waals surface area contributed by atoms with Gasteiger partial charge in [0.15, 0.2) is 11.0 Å². The van der Waals surface area contributed by atoms with Gasteiger partial charge < -0.3 is 0 Å². The van der Waals surface area contributed by atoms with Crippen LogP contribution in [0.5, 0.6) is 0 Å². The maximum Gasteiger partial charge on any atom is 0.171 e. The zero-order valence-electron chi connectivity index (χ0n) is 4.49. The molecule has 0 aromatic rings. The Labute approximate surface area is 48.3 Å². The molecule has 0 atom stereocenters. The van der Waals surface area contributed by atoms with Crippen LogP contribution in [0, 0.1) is 6.08 Å². The quantitative estimate of drug-likeness (QED) is 0.432. The standard InChI is InChI=1S/C6H7S/c1-5-3-4-6(2)7-5/h3H,1-2H3/q+1. The SMILES string of the molecule is CC1=[C+]C=C(C)S1.